The summed E-state index contributed by atoms with van der Waals surface area (Å²) in [6.45, 7) is 2.55. The van der Waals surface area contributed by atoms with E-state index in [0.717, 1.165) is 28.2 Å². The largest absolute Gasteiger partial charge is 0.497 e. The van der Waals surface area contributed by atoms with E-state index in [1.54, 1.807) is 26.4 Å². The highest BCUT2D eigenvalue weighted by Gasteiger charge is 2.25. The smallest absolute Gasteiger partial charge is 0.243 e. The third-order valence-corrected chi connectivity index (χ3v) is 6.86. The molecule has 0 aliphatic heterocycles. The standard InChI is InChI=1S/C24H27NO4S/c1-19-8-14-23(15-9-19)30(26,27)25(18-20-10-12-22(28-2)13-11-20)17-16-21-6-4-5-7-24(21)29-3/h4-15H,16-18H2,1-3H3. The Morgan fingerprint density at radius 2 is 1.50 bits per heavy atom. The molecule has 30 heavy (non-hydrogen) atoms. The van der Waals surface area contributed by atoms with Crippen LogP contribution in [0.4, 0.5) is 0 Å². The fraction of sp³-hybridized carbons (Fsp3) is 0.250. The summed E-state index contributed by atoms with van der Waals surface area (Å²) in [6, 6.07) is 22.1. The van der Waals surface area contributed by atoms with Crippen molar-refractivity contribution in [3.05, 3.63) is 89.5 Å². The molecule has 158 valence electrons. The Labute approximate surface area is 178 Å². The highest BCUT2D eigenvalue weighted by Crippen LogP contribution is 2.23. The molecule has 0 atom stereocenters. The summed E-state index contributed by atoms with van der Waals surface area (Å²) in [7, 11) is -0.431. The maximum absolute atomic E-state index is 13.4. The summed E-state index contributed by atoms with van der Waals surface area (Å²) in [5.74, 6) is 1.50. The molecule has 0 fully saturated rings. The van der Waals surface area contributed by atoms with E-state index in [1.165, 1.54) is 4.31 Å². The minimum Gasteiger partial charge on any atom is -0.497 e. The molecule has 6 heteroatoms. The quantitative estimate of drug-likeness (QED) is 0.508. The number of hydrogen-bond acceptors (Lipinski definition) is 4. The van der Waals surface area contributed by atoms with E-state index in [4.69, 9.17) is 9.47 Å². The van der Waals surface area contributed by atoms with Crippen LogP contribution >= 0.6 is 0 Å². The van der Waals surface area contributed by atoms with E-state index in [9.17, 15) is 8.42 Å². The number of sulfonamides is 1. The summed E-state index contributed by atoms with van der Waals surface area (Å²) < 4.78 is 39.0. The molecule has 0 aliphatic rings. The number of hydrogen-bond donors (Lipinski definition) is 0. The predicted molar refractivity (Wildman–Crippen MR) is 118 cm³/mol. The van der Waals surface area contributed by atoms with Crippen molar-refractivity contribution in [2.45, 2.75) is 24.8 Å². The Balaban J connectivity index is 1.89. The van der Waals surface area contributed by atoms with Gasteiger partial charge in [-0.15, -0.1) is 0 Å². The molecule has 0 aromatic heterocycles. The molecule has 0 saturated carbocycles. The van der Waals surface area contributed by atoms with Crippen LogP contribution in [-0.2, 0) is 23.0 Å². The topological polar surface area (TPSA) is 55.8 Å². The Bertz CT molecular complexity index is 1060. The molecule has 0 amide bonds. The van der Waals surface area contributed by atoms with Crippen molar-refractivity contribution >= 4 is 10.0 Å². The molecular weight excluding hydrogens is 398 g/mol. The second kappa shape index (κ2) is 9.78. The van der Waals surface area contributed by atoms with Gasteiger partial charge in [0.15, 0.2) is 0 Å². The lowest BCUT2D eigenvalue weighted by Crippen LogP contribution is -2.32. The fourth-order valence-corrected chi connectivity index (χ4v) is 4.66. The van der Waals surface area contributed by atoms with Crippen LogP contribution in [0.2, 0.25) is 0 Å². The van der Waals surface area contributed by atoms with Gasteiger partial charge in [0.2, 0.25) is 10.0 Å². The summed E-state index contributed by atoms with van der Waals surface area (Å²) in [5.41, 5.74) is 2.88. The number of rotatable bonds is 9. The number of methoxy groups -OCH3 is 2. The van der Waals surface area contributed by atoms with Crippen LogP contribution in [0.1, 0.15) is 16.7 Å². The van der Waals surface area contributed by atoms with E-state index in [2.05, 4.69) is 0 Å². The lowest BCUT2D eigenvalue weighted by Gasteiger charge is -2.23. The molecule has 0 heterocycles. The van der Waals surface area contributed by atoms with Crippen molar-refractivity contribution in [1.29, 1.82) is 0 Å². The average molecular weight is 426 g/mol. The zero-order valence-electron chi connectivity index (χ0n) is 17.5. The van der Waals surface area contributed by atoms with Gasteiger partial charge in [-0.3, -0.25) is 0 Å². The molecule has 5 nitrogen and oxygen atoms in total. The molecule has 0 radical (unpaired) electrons. The minimum absolute atomic E-state index is 0.273. The van der Waals surface area contributed by atoms with Crippen molar-refractivity contribution in [2.75, 3.05) is 20.8 Å². The van der Waals surface area contributed by atoms with E-state index in [-0.39, 0.29) is 6.54 Å². The van der Waals surface area contributed by atoms with Gasteiger partial charge >= 0.3 is 0 Å². The van der Waals surface area contributed by atoms with Gasteiger partial charge in [0.1, 0.15) is 11.5 Å². The fourth-order valence-electron chi connectivity index (χ4n) is 3.23. The number of benzene rings is 3. The molecular formula is C24H27NO4S. The van der Waals surface area contributed by atoms with Gasteiger partial charge in [-0.2, -0.15) is 4.31 Å². The maximum Gasteiger partial charge on any atom is 0.243 e. The normalized spacial score (nSPS) is 11.5. The van der Waals surface area contributed by atoms with E-state index >= 15 is 0 Å². The Hall–Kier alpha value is -2.83. The maximum atomic E-state index is 13.4. The van der Waals surface area contributed by atoms with Gasteiger partial charge in [-0.05, 0) is 54.8 Å². The minimum atomic E-state index is -3.66. The number of ether oxygens (including phenoxy) is 2. The highest BCUT2D eigenvalue weighted by molar-refractivity contribution is 7.89. The Morgan fingerprint density at radius 1 is 0.833 bits per heavy atom. The molecule has 3 rings (SSSR count). The molecule has 0 N–H and O–H groups in total. The van der Waals surface area contributed by atoms with Crippen molar-refractivity contribution < 1.29 is 17.9 Å². The monoisotopic (exact) mass is 425 g/mol. The lowest BCUT2D eigenvalue weighted by atomic mass is 10.1. The van der Waals surface area contributed by atoms with Gasteiger partial charge in [-0.1, -0.05) is 48.0 Å². The van der Waals surface area contributed by atoms with Crippen LogP contribution in [0.5, 0.6) is 11.5 Å². The van der Waals surface area contributed by atoms with E-state index < -0.39 is 10.0 Å². The molecule has 0 unspecified atom stereocenters. The van der Waals surface area contributed by atoms with Crippen LogP contribution in [0.15, 0.2) is 77.7 Å². The molecule has 0 spiro atoms. The van der Waals surface area contributed by atoms with Gasteiger partial charge in [0, 0.05) is 13.1 Å². The summed E-state index contributed by atoms with van der Waals surface area (Å²) in [5, 5.41) is 0. The number of nitrogens with zero attached hydrogens (tertiary/aromatic N) is 1. The lowest BCUT2D eigenvalue weighted by molar-refractivity contribution is 0.392. The van der Waals surface area contributed by atoms with Gasteiger partial charge in [0.25, 0.3) is 0 Å². The number of para-hydroxylation sites is 1. The third kappa shape index (κ3) is 5.20. The molecule has 0 bridgehead atoms. The highest BCUT2D eigenvalue weighted by atomic mass is 32.2. The molecule has 0 aliphatic carbocycles. The predicted octanol–water partition coefficient (Wildman–Crippen LogP) is 4.45. The third-order valence-electron chi connectivity index (χ3n) is 5.00. The second-order valence-electron chi connectivity index (χ2n) is 7.06. The zero-order valence-corrected chi connectivity index (χ0v) is 18.4. The first-order valence-electron chi connectivity index (χ1n) is 9.75. The number of aryl methyl sites for hydroxylation is 1. The Morgan fingerprint density at radius 3 is 2.13 bits per heavy atom. The van der Waals surface area contributed by atoms with Crippen molar-refractivity contribution in [3.8, 4) is 11.5 Å². The van der Waals surface area contributed by atoms with Crippen molar-refractivity contribution in [1.82, 2.24) is 4.31 Å². The van der Waals surface area contributed by atoms with E-state index in [0.29, 0.717) is 17.9 Å². The van der Waals surface area contributed by atoms with Crippen LogP contribution in [0, 0.1) is 6.92 Å². The van der Waals surface area contributed by atoms with Crippen LogP contribution in [0.25, 0.3) is 0 Å². The van der Waals surface area contributed by atoms with E-state index in [1.807, 2.05) is 67.6 Å². The Kier molecular flexibility index (Phi) is 7.13. The van der Waals surface area contributed by atoms with Gasteiger partial charge < -0.3 is 9.47 Å². The van der Waals surface area contributed by atoms with Crippen molar-refractivity contribution in [3.63, 3.8) is 0 Å². The first kappa shape index (κ1) is 21.9. The van der Waals surface area contributed by atoms with Gasteiger partial charge in [-0.25, -0.2) is 8.42 Å². The summed E-state index contributed by atoms with van der Waals surface area (Å²) in [6.07, 6.45) is 0.547. The average Bonchev–Trinajstić information content (AvgIpc) is 2.77. The van der Waals surface area contributed by atoms with Gasteiger partial charge in [0.05, 0.1) is 19.1 Å². The summed E-state index contributed by atoms with van der Waals surface area (Å²) in [4.78, 5) is 0.293. The molecule has 3 aromatic rings. The first-order chi connectivity index (χ1) is 14.4. The zero-order chi connectivity index (χ0) is 21.6. The van der Waals surface area contributed by atoms with Crippen LogP contribution in [0.3, 0.4) is 0 Å². The van der Waals surface area contributed by atoms with Crippen LogP contribution in [-0.4, -0.2) is 33.5 Å². The molecule has 3 aromatic carbocycles. The van der Waals surface area contributed by atoms with Crippen molar-refractivity contribution in [2.24, 2.45) is 0 Å². The molecule has 0 saturated heterocycles. The van der Waals surface area contributed by atoms with Crippen LogP contribution < -0.4 is 9.47 Å². The first-order valence-corrected chi connectivity index (χ1v) is 11.2. The second-order valence-corrected chi connectivity index (χ2v) is 9.00. The SMILES string of the molecule is COc1ccc(CN(CCc2ccccc2OC)S(=O)(=O)c2ccc(C)cc2)cc1. The summed E-state index contributed by atoms with van der Waals surface area (Å²) >= 11 is 0.